The number of anilines is 1. The lowest BCUT2D eigenvalue weighted by Gasteiger charge is -2.29. The average Bonchev–Trinajstić information content (AvgIpc) is 2.99. The van der Waals surface area contributed by atoms with Crippen molar-refractivity contribution in [1.29, 1.82) is 0 Å². The van der Waals surface area contributed by atoms with Crippen LogP contribution < -0.4 is 14.8 Å². The van der Waals surface area contributed by atoms with Gasteiger partial charge in [-0.3, -0.25) is 5.32 Å². The van der Waals surface area contributed by atoms with Gasteiger partial charge in [0.15, 0.2) is 11.5 Å². The van der Waals surface area contributed by atoms with E-state index >= 15 is 0 Å². The normalized spacial score (nSPS) is 13.4. The van der Waals surface area contributed by atoms with Crippen LogP contribution in [-0.4, -0.2) is 41.5 Å². The maximum atomic E-state index is 12.7. The lowest BCUT2D eigenvalue weighted by molar-refractivity contribution is 0.206. The summed E-state index contributed by atoms with van der Waals surface area (Å²) in [7, 11) is 3.25. The maximum Gasteiger partial charge on any atom is 0.323 e. The van der Waals surface area contributed by atoms with Crippen molar-refractivity contribution in [3.8, 4) is 11.5 Å². The van der Waals surface area contributed by atoms with Gasteiger partial charge in [-0.25, -0.2) is 9.48 Å². The van der Waals surface area contributed by atoms with Gasteiger partial charge >= 0.3 is 6.03 Å². The van der Waals surface area contributed by atoms with E-state index in [2.05, 4.69) is 10.4 Å². The number of urea groups is 1. The van der Waals surface area contributed by atoms with Gasteiger partial charge in [-0.1, -0.05) is 0 Å². The second-order valence-corrected chi connectivity index (χ2v) is 6.07. The molecule has 0 atom stereocenters. The molecule has 25 heavy (non-hydrogen) atoms. The van der Waals surface area contributed by atoms with Crippen molar-refractivity contribution in [1.82, 2.24) is 14.7 Å². The molecule has 1 N–H and O–H groups in total. The largest absolute Gasteiger partial charge is 0.493 e. The molecule has 2 aromatic rings. The number of rotatable bonds is 4. The van der Waals surface area contributed by atoms with E-state index in [1.807, 2.05) is 26.0 Å². The summed E-state index contributed by atoms with van der Waals surface area (Å²) >= 11 is 0. The molecule has 0 aliphatic carbocycles. The Morgan fingerprint density at radius 1 is 1.24 bits per heavy atom. The smallest absolute Gasteiger partial charge is 0.323 e. The van der Waals surface area contributed by atoms with E-state index in [0.29, 0.717) is 25.4 Å². The molecular formula is C18H24N4O3. The summed E-state index contributed by atoms with van der Waals surface area (Å²) in [6, 6.07) is 3.84. The predicted molar refractivity (Wildman–Crippen MR) is 95.3 cm³/mol. The first-order valence-electron chi connectivity index (χ1n) is 8.39. The fraction of sp³-hybridized carbons (Fsp3) is 0.444. The van der Waals surface area contributed by atoms with Crippen LogP contribution in [0.2, 0.25) is 0 Å². The fourth-order valence-electron chi connectivity index (χ4n) is 3.12. The van der Waals surface area contributed by atoms with Crippen LogP contribution in [0.3, 0.4) is 0 Å². The number of aromatic nitrogens is 2. The molecular weight excluding hydrogens is 320 g/mol. The zero-order chi connectivity index (χ0) is 18.0. The number of hydrogen-bond donors (Lipinski definition) is 1. The zero-order valence-corrected chi connectivity index (χ0v) is 15.1. The Morgan fingerprint density at radius 3 is 2.56 bits per heavy atom. The number of nitrogens with zero attached hydrogens (tertiary/aromatic N) is 3. The molecule has 2 amide bonds. The van der Waals surface area contributed by atoms with E-state index in [0.717, 1.165) is 29.1 Å². The quantitative estimate of drug-likeness (QED) is 0.926. The molecule has 134 valence electrons. The van der Waals surface area contributed by atoms with E-state index in [1.165, 1.54) is 5.56 Å². The Kier molecular flexibility index (Phi) is 4.83. The Labute approximate surface area is 147 Å². The van der Waals surface area contributed by atoms with E-state index in [1.54, 1.807) is 30.0 Å². The van der Waals surface area contributed by atoms with Gasteiger partial charge in [0.1, 0.15) is 5.82 Å². The minimum Gasteiger partial charge on any atom is -0.493 e. The van der Waals surface area contributed by atoms with Crippen LogP contribution in [0, 0.1) is 6.92 Å². The molecule has 7 heteroatoms. The molecule has 0 unspecified atom stereocenters. The van der Waals surface area contributed by atoms with Crippen molar-refractivity contribution in [3.05, 3.63) is 35.0 Å². The van der Waals surface area contributed by atoms with E-state index in [-0.39, 0.29) is 6.03 Å². The van der Waals surface area contributed by atoms with Gasteiger partial charge in [0, 0.05) is 25.2 Å². The van der Waals surface area contributed by atoms with E-state index in [9.17, 15) is 4.79 Å². The van der Waals surface area contributed by atoms with Crippen molar-refractivity contribution in [2.75, 3.05) is 26.1 Å². The molecule has 0 spiro atoms. The highest BCUT2D eigenvalue weighted by molar-refractivity contribution is 5.89. The zero-order valence-electron chi connectivity index (χ0n) is 15.1. The van der Waals surface area contributed by atoms with Gasteiger partial charge in [0.05, 0.1) is 20.4 Å². The number of nitrogens with one attached hydrogen (secondary N) is 1. The highest BCUT2D eigenvalue weighted by Gasteiger charge is 2.24. The summed E-state index contributed by atoms with van der Waals surface area (Å²) < 4.78 is 12.5. The Morgan fingerprint density at radius 2 is 1.92 bits per heavy atom. The first kappa shape index (κ1) is 17.1. The van der Waals surface area contributed by atoms with Crippen molar-refractivity contribution in [2.24, 2.45) is 0 Å². The fourth-order valence-corrected chi connectivity index (χ4v) is 3.12. The Bertz CT molecular complexity index is 785. The molecule has 1 aromatic carbocycles. The summed E-state index contributed by atoms with van der Waals surface area (Å²) in [5.74, 6) is 2.16. The first-order chi connectivity index (χ1) is 12.1. The van der Waals surface area contributed by atoms with E-state index < -0.39 is 0 Å². The third kappa shape index (κ3) is 3.26. The molecule has 0 radical (unpaired) electrons. The molecule has 1 aromatic heterocycles. The van der Waals surface area contributed by atoms with Gasteiger partial charge in [-0.2, -0.15) is 5.10 Å². The highest BCUT2D eigenvalue weighted by atomic mass is 16.5. The standard InChI is InChI=1S/C18H24N4O3/c1-5-22-17(12(2)10-19-22)20-18(23)21-7-6-13-8-15(24-3)16(25-4)9-14(13)11-21/h8-10H,5-7,11H2,1-4H3,(H,20,23). The lowest BCUT2D eigenvalue weighted by atomic mass is 9.99. The Hall–Kier alpha value is -2.70. The number of carbonyl (C=O) groups is 1. The van der Waals surface area contributed by atoms with E-state index in [4.69, 9.17) is 9.47 Å². The van der Waals surface area contributed by atoms with Crippen molar-refractivity contribution in [3.63, 3.8) is 0 Å². The monoisotopic (exact) mass is 344 g/mol. The van der Waals surface area contributed by atoms with Gasteiger partial charge in [-0.15, -0.1) is 0 Å². The summed E-state index contributed by atoms with van der Waals surface area (Å²) in [4.78, 5) is 14.5. The molecule has 1 aliphatic rings. The molecule has 2 heterocycles. The lowest BCUT2D eigenvalue weighted by Crippen LogP contribution is -2.39. The van der Waals surface area contributed by atoms with Crippen LogP contribution >= 0.6 is 0 Å². The highest BCUT2D eigenvalue weighted by Crippen LogP contribution is 2.33. The third-order valence-corrected chi connectivity index (χ3v) is 4.55. The van der Waals surface area contributed by atoms with Crippen molar-refractivity contribution >= 4 is 11.8 Å². The second-order valence-electron chi connectivity index (χ2n) is 6.07. The SMILES string of the molecule is CCn1ncc(C)c1NC(=O)N1CCc2cc(OC)c(OC)cc2C1. The number of hydrogen-bond acceptors (Lipinski definition) is 4. The number of methoxy groups -OCH3 is 2. The van der Waals surface area contributed by atoms with Gasteiger partial charge in [0.2, 0.25) is 0 Å². The van der Waals surface area contributed by atoms with Crippen LogP contribution in [0.4, 0.5) is 10.6 Å². The van der Waals surface area contributed by atoms with Crippen LogP contribution in [0.15, 0.2) is 18.3 Å². The van der Waals surface area contributed by atoms with Gasteiger partial charge < -0.3 is 14.4 Å². The average molecular weight is 344 g/mol. The van der Waals surface area contributed by atoms with Crippen LogP contribution in [0.25, 0.3) is 0 Å². The summed E-state index contributed by atoms with van der Waals surface area (Å²) in [5, 5.41) is 7.26. The topological polar surface area (TPSA) is 68.6 Å². The van der Waals surface area contributed by atoms with Crippen LogP contribution in [0.1, 0.15) is 23.6 Å². The van der Waals surface area contributed by atoms with Gasteiger partial charge in [0.25, 0.3) is 0 Å². The maximum absolute atomic E-state index is 12.7. The number of carbonyl (C=O) groups excluding carboxylic acids is 1. The molecule has 3 rings (SSSR count). The molecule has 0 saturated heterocycles. The summed E-state index contributed by atoms with van der Waals surface area (Å²) in [6.07, 6.45) is 2.55. The summed E-state index contributed by atoms with van der Waals surface area (Å²) in [5.41, 5.74) is 3.23. The predicted octanol–water partition coefficient (Wildman–Crippen LogP) is 2.82. The molecule has 7 nitrogen and oxygen atoms in total. The summed E-state index contributed by atoms with van der Waals surface area (Å²) in [6.45, 7) is 5.86. The van der Waals surface area contributed by atoms with Crippen LogP contribution in [0.5, 0.6) is 11.5 Å². The second kappa shape index (κ2) is 7.04. The molecule has 0 bridgehead atoms. The molecule has 0 fully saturated rings. The molecule has 1 aliphatic heterocycles. The molecule has 0 saturated carbocycles. The number of ether oxygens (including phenoxy) is 2. The third-order valence-electron chi connectivity index (χ3n) is 4.55. The first-order valence-corrected chi connectivity index (χ1v) is 8.39. The number of amides is 2. The minimum atomic E-state index is -0.112. The minimum absolute atomic E-state index is 0.112. The number of fused-ring (bicyclic) bond motifs is 1. The van der Waals surface area contributed by atoms with Crippen molar-refractivity contribution < 1.29 is 14.3 Å². The number of aryl methyl sites for hydroxylation is 2. The Balaban J connectivity index is 1.78. The van der Waals surface area contributed by atoms with Crippen molar-refractivity contribution in [2.45, 2.75) is 33.4 Å². The van der Waals surface area contributed by atoms with Gasteiger partial charge in [-0.05, 0) is 43.5 Å². The number of benzene rings is 1. The van der Waals surface area contributed by atoms with Crippen LogP contribution in [-0.2, 0) is 19.5 Å².